The number of benzene rings is 2. The number of carbonyl (C=O) groups is 3. The molecule has 1 aliphatic carbocycles. The van der Waals surface area contributed by atoms with Crippen LogP contribution < -0.4 is 15.4 Å². The Bertz CT molecular complexity index is 1090. The van der Waals surface area contributed by atoms with Crippen molar-refractivity contribution >= 4 is 29.5 Å². The quantitative estimate of drug-likeness (QED) is 0.249. The van der Waals surface area contributed by atoms with E-state index >= 15 is 0 Å². The van der Waals surface area contributed by atoms with Crippen LogP contribution in [0.1, 0.15) is 46.4 Å². The lowest BCUT2D eigenvalue weighted by Gasteiger charge is -2.27. The molecule has 3 N–H and O–H groups in total. The summed E-state index contributed by atoms with van der Waals surface area (Å²) in [6.07, 6.45) is 1.63. The van der Waals surface area contributed by atoms with E-state index in [0.29, 0.717) is 25.7 Å². The third-order valence-corrected chi connectivity index (χ3v) is 6.30. The number of hydrogen-bond acceptors (Lipinski definition) is 5. The number of carboxylic acids is 1. The first kappa shape index (κ1) is 27.3. The summed E-state index contributed by atoms with van der Waals surface area (Å²) in [7, 11) is 0. The highest BCUT2D eigenvalue weighted by molar-refractivity contribution is 8.00. The number of nitrogens with one attached hydrogen (secondary N) is 2. The van der Waals surface area contributed by atoms with Gasteiger partial charge in [0.2, 0.25) is 0 Å². The van der Waals surface area contributed by atoms with Crippen molar-refractivity contribution in [1.82, 2.24) is 10.6 Å². The molecule has 2 aromatic rings. The summed E-state index contributed by atoms with van der Waals surface area (Å²) in [5.74, 6) is -3.07. The van der Waals surface area contributed by atoms with Crippen molar-refractivity contribution in [3.8, 4) is 5.75 Å². The number of hydrogen-bond donors (Lipinski definition) is 3. The number of amides is 2. The highest BCUT2D eigenvalue weighted by Gasteiger charge is 2.29. The van der Waals surface area contributed by atoms with Gasteiger partial charge in [0.25, 0.3) is 11.8 Å². The molecular weight excluding hydrogens is 504 g/mol. The highest BCUT2D eigenvalue weighted by atomic mass is 32.2. The minimum Gasteiger partial charge on any atom is -0.487 e. The molecule has 0 aromatic heterocycles. The first-order valence-electron chi connectivity index (χ1n) is 11.1. The molecule has 0 atom stereocenters. The zero-order chi connectivity index (χ0) is 26.3. The molecule has 12 heteroatoms. The Morgan fingerprint density at radius 3 is 2.00 bits per heavy atom. The molecule has 0 spiro atoms. The molecule has 0 bridgehead atoms. The van der Waals surface area contributed by atoms with Gasteiger partial charge in [0.15, 0.2) is 11.6 Å². The van der Waals surface area contributed by atoms with E-state index in [1.165, 1.54) is 36.4 Å². The third-order valence-electron chi connectivity index (χ3n) is 5.56. The minimum atomic E-state index is -4.42. The molecule has 7 nitrogen and oxygen atoms in total. The van der Waals surface area contributed by atoms with Crippen LogP contribution in [0, 0.1) is 11.7 Å². The molecule has 0 aliphatic heterocycles. The second-order valence-corrected chi connectivity index (χ2v) is 9.30. The van der Waals surface area contributed by atoms with Crippen molar-refractivity contribution < 1.29 is 41.8 Å². The van der Waals surface area contributed by atoms with Crippen LogP contribution in [0.15, 0.2) is 47.4 Å². The average Bonchev–Trinajstić information content (AvgIpc) is 2.82. The van der Waals surface area contributed by atoms with E-state index in [1.807, 2.05) is 0 Å². The van der Waals surface area contributed by atoms with Crippen LogP contribution in [-0.2, 0) is 4.79 Å². The first-order valence-corrected chi connectivity index (χ1v) is 11.9. The maximum absolute atomic E-state index is 14.5. The van der Waals surface area contributed by atoms with E-state index in [0.717, 1.165) is 6.07 Å². The smallest absolute Gasteiger partial charge is 0.446 e. The second-order valence-electron chi connectivity index (χ2n) is 8.16. The van der Waals surface area contributed by atoms with Crippen LogP contribution in [0.5, 0.6) is 5.75 Å². The van der Waals surface area contributed by atoms with Crippen molar-refractivity contribution in [3.05, 3.63) is 59.4 Å². The molecule has 3 rings (SSSR count). The number of alkyl halides is 3. The molecule has 0 unspecified atom stereocenters. The predicted octanol–water partition coefficient (Wildman–Crippen LogP) is 4.62. The number of rotatable bonds is 9. The molecule has 0 heterocycles. The monoisotopic (exact) mass is 528 g/mol. The normalized spacial score (nSPS) is 17.8. The zero-order valence-corrected chi connectivity index (χ0v) is 19.8. The van der Waals surface area contributed by atoms with E-state index in [9.17, 15) is 31.9 Å². The highest BCUT2D eigenvalue weighted by Crippen LogP contribution is 2.36. The van der Waals surface area contributed by atoms with Crippen LogP contribution in [-0.4, -0.2) is 47.6 Å². The lowest BCUT2D eigenvalue weighted by atomic mass is 9.87. The van der Waals surface area contributed by atoms with Gasteiger partial charge in [-0.15, -0.1) is 0 Å². The molecule has 2 aromatic carbocycles. The van der Waals surface area contributed by atoms with Gasteiger partial charge in [-0.25, -0.2) is 4.39 Å². The fourth-order valence-electron chi connectivity index (χ4n) is 3.71. The molecule has 194 valence electrons. The summed E-state index contributed by atoms with van der Waals surface area (Å²) >= 11 is -0.278. The van der Waals surface area contributed by atoms with Crippen LogP contribution in [0.3, 0.4) is 0 Å². The molecule has 1 saturated carbocycles. The SMILES string of the molecule is O=C(NCCNC(=O)c1ccc(O[C@H]2CC[C@@H](C(=O)O)CC2)c(F)c1)c1ccc(SC(F)(F)F)cc1. The number of halogens is 4. The van der Waals surface area contributed by atoms with Gasteiger partial charge in [-0.2, -0.15) is 13.2 Å². The van der Waals surface area contributed by atoms with Crippen LogP contribution in [0.4, 0.5) is 17.6 Å². The van der Waals surface area contributed by atoms with Crippen LogP contribution in [0.25, 0.3) is 0 Å². The van der Waals surface area contributed by atoms with Gasteiger partial charge in [0, 0.05) is 29.1 Å². The van der Waals surface area contributed by atoms with Gasteiger partial charge in [-0.3, -0.25) is 14.4 Å². The van der Waals surface area contributed by atoms with Crippen molar-refractivity contribution in [1.29, 1.82) is 0 Å². The van der Waals surface area contributed by atoms with E-state index < -0.39 is 35.0 Å². The molecule has 2 amide bonds. The largest absolute Gasteiger partial charge is 0.487 e. The fraction of sp³-hybridized carbons (Fsp3) is 0.375. The van der Waals surface area contributed by atoms with Gasteiger partial charge >= 0.3 is 11.5 Å². The fourth-order valence-corrected chi connectivity index (χ4v) is 4.25. The summed E-state index contributed by atoms with van der Waals surface area (Å²) in [4.78, 5) is 35.4. The lowest BCUT2D eigenvalue weighted by Crippen LogP contribution is -2.34. The number of thioether (sulfide) groups is 1. The Morgan fingerprint density at radius 1 is 0.917 bits per heavy atom. The van der Waals surface area contributed by atoms with Gasteiger partial charge in [0.05, 0.1) is 12.0 Å². The van der Waals surface area contributed by atoms with E-state index in [4.69, 9.17) is 9.84 Å². The second kappa shape index (κ2) is 12.1. The molecule has 36 heavy (non-hydrogen) atoms. The lowest BCUT2D eigenvalue weighted by molar-refractivity contribution is -0.143. The van der Waals surface area contributed by atoms with Crippen molar-refractivity contribution in [2.45, 2.75) is 42.2 Å². The Kier molecular flexibility index (Phi) is 9.19. The molecule has 0 radical (unpaired) electrons. The molecule has 1 fully saturated rings. The van der Waals surface area contributed by atoms with Gasteiger partial charge in [0.1, 0.15) is 0 Å². The van der Waals surface area contributed by atoms with E-state index in [2.05, 4.69) is 10.6 Å². The summed E-state index contributed by atoms with van der Waals surface area (Å²) in [5, 5.41) is 14.1. The van der Waals surface area contributed by atoms with E-state index in [1.54, 1.807) is 0 Å². The van der Waals surface area contributed by atoms with Gasteiger partial charge < -0.3 is 20.5 Å². The third kappa shape index (κ3) is 8.14. The Labute approximate surface area is 208 Å². The number of aliphatic carboxylic acids is 1. The van der Waals surface area contributed by atoms with Gasteiger partial charge in [-0.1, -0.05) is 0 Å². The number of ether oxygens (including phenoxy) is 1. The maximum atomic E-state index is 14.5. The standard InChI is InChI=1S/C24H24F4N2O5S/c25-19-13-16(5-10-20(19)35-17-6-1-15(2-7-17)23(33)34)22(32)30-12-11-29-21(31)14-3-8-18(9-4-14)36-24(26,27)28/h3-5,8-10,13,15,17H,1-2,6-7,11-12H2,(H,29,31)(H,30,32)(H,33,34)/t15-,17+. The predicted molar refractivity (Wildman–Crippen MR) is 123 cm³/mol. The van der Waals surface area contributed by atoms with Crippen molar-refractivity contribution in [3.63, 3.8) is 0 Å². The van der Waals surface area contributed by atoms with E-state index in [-0.39, 0.29) is 52.7 Å². The minimum absolute atomic E-state index is 0.0164. The molecule has 1 aliphatic rings. The topological polar surface area (TPSA) is 105 Å². The number of carboxylic acid groups (broad SMARTS) is 1. The summed E-state index contributed by atoms with van der Waals surface area (Å²) in [6, 6.07) is 8.70. The maximum Gasteiger partial charge on any atom is 0.446 e. The average molecular weight is 529 g/mol. The van der Waals surface area contributed by atoms with Crippen LogP contribution >= 0.6 is 11.8 Å². The Balaban J connectivity index is 1.42. The summed E-state index contributed by atoms with van der Waals surface area (Å²) in [6.45, 7) is 0.0889. The first-order chi connectivity index (χ1) is 17.0. The summed E-state index contributed by atoms with van der Waals surface area (Å²) < 4.78 is 57.2. The molecule has 0 saturated heterocycles. The van der Waals surface area contributed by atoms with Crippen LogP contribution in [0.2, 0.25) is 0 Å². The Morgan fingerprint density at radius 2 is 1.47 bits per heavy atom. The zero-order valence-electron chi connectivity index (χ0n) is 18.9. The Hall–Kier alpha value is -3.28. The molecular formula is C24H24F4N2O5S. The number of carbonyl (C=O) groups excluding carboxylic acids is 2. The van der Waals surface area contributed by atoms with Crippen molar-refractivity contribution in [2.75, 3.05) is 13.1 Å². The van der Waals surface area contributed by atoms with Gasteiger partial charge in [-0.05, 0) is 79.9 Å². The summed E-state index contributed by atoms with van der Waals surface area (Å²) in [5.41, 5.74) is -4.19. The van der Waals surface area contributed by atoms with Crippen molar-refractivity contribution in [2.24, 2.45) is 5.92 Å².